The smallest absolute Gasteiger partial charge is 0.183 e. The van der Waals surface area contributed by atoms with Gasteiger partial charge in [-0.1, -0.05) is 48.9 Å². The van der Waals surface area contributed by atoms with Gasteiger partial charge in [0.05, 0.1) is 5.02 Å². The summed E-state index contributed by atoms with van der Waals surface area (Å²) in [7, 11) is 0. The van der Waals surface area contributed by atoms with Crippen molar-refractivity contribution in [1.82, 2.24) is 5.32 Å². The summed E-state index contributed by atoms with van der Waals surface area (Å²) in [5.41, 5.74) is 2.27. The van der Waals surface area contributed by atoms with E-state index < -0.39 is 5.82 Å². The second-order valence-corrected chi connectivity index (χ2v) is 5.12. The molecular weight excluding hydrogens is 289 g/mol. The molecule has 2 nitrogen and oxygen atoms in total. The van der Waals surface area contributed by atoms with E-state index in [4.69, 9.17) is 16.3 Å². The highest BCUT2D eigenvalue weighted by Crippen LogP contribution is 2.25. The SMILES string of the molecule is CCNCCc1ccccc1COc1cccc(Cl)c1F. The van der Waals surface area contributed by atoms with Gasteiger partial charge in [0, 0.05) is 0 Å². The number of hydrogen-bond acceptors (Lipinski definition) is 2. The van der Waals surface area contributed by atoms with Crippen LogP contribution in [0.1, 0.15) is 18.1 Å². The van der Waals surface area contributed by atoms with Crippen molar-refractivity contribution in [1.29, 1.82) is 0 Å². The van der Waals surface area contributed by atoms with Gasteiger partial charge < -0.3 is 10.1 Å². The van der Waals surface area contributed by atoms with E-state index in [0.717, 1.165) is 25.1 Å². The molecule has 0 atom stereocenters. The van der Waals surface area contributed by atoms with Gasteiger partial charge in [0.25, 0.3) is 0 Å². The van der Waals surface area contributed by atoms with Crippen molar-refractivity contribution in [3.8, 4) is 5.75 Å². The summed E-state index contributed by atoms with van der Waals surface area (Å²) in [5.74, 6) is -0.326. The van der Waals surface area contributed by atoms with E-state index in [1.54, 1.807) is 12.1 Å². The summed E-state index contributed by atoms with van der Waals surface area (Å²) >= 11 is 5.75. The third-order valence-corrected chi connectivity index (χ3v) is 3.53. The number of likely N-dealkylation sites (N-methyl/N-ethyl adjacent to an activating group) is 1. The first-order valence-corrected chi connectivity index (χ1v) is 7.44. The summed E-state index contributed by atoms with van der Waals surface area (Å²) in [6.07, 6.45) is 0.922. The molecule has 0 spiro atoms. The summed E-state index contributed by atoms with van der Waals surface area (Å²) < 4.78 is 19.4. The molecule has 112 valence electrons. The molecule has 0 fully saturated rings. The molecule has 0 unspecified atom stereocenters. The normalized spacial score (nSPS) is 10.6. The Morgan fingerprint density at radius 3 is 2.62 bits per heavy atom. The molecule has 0 heterocycles. The van der Waals surface area contributed by atoms with Crippen LogP contribution in [-0.4, -0.2) is 13.1 Å². The number of nitrogens with one attached hydrogen (secondary N) is 1. The minimum atomic E-state index is -0.510. The highest BCUT2D eigenvalue weighted by Gasteiger charge is 2.08. The minimum absolute atomic E-state index is 0.0768. The van der Waals surface area contributed by atoms with Crippen LogP contribution in [0, 0.1) is 5.82 Å². The quantitative estimate of drug-likeness (QED) is 0.774. The molecule has 4 heteroatoms. The van der Waals surface area contributed by atoms with E-state index in [1.165, 1.54) is 11.6 Å². The molecule has 21 heavy (non-hydrogen) atoms. The minimum Gasteiger partial charge on any atom is -0.486 e. The van der Waals surface area contributed by atoms with E-state index in [1.807, 2.05) is 18.2 Å². The molecular formula is C17H19ClFNO. The van der Waals surface area contributed by atoms with Crippen molar-refractivity contribution in [2.75, 3.05) is 13.1 Å². The lowest BCUT2D eigenvalue weighted by atomic mass is 10.1. The first-order valence-electron chi connectivity index (χ1n) is 7.06. The Morgan fingerprint density at radius 2 is 1.86 bits per heavy atom. The predicted molar refractivity (Wildman–Crippen MR) is 84.4 cm³/mol. The van der Waals surface area contributed by atoms with Crippen molar-refractivity contribution in [2.24, 2.45) is 0 Å². The highest BCUT2D eigenvalue weighted by molar-refractivity contribution is 6.30. The molecule has 0 bridgehead atoms. The average molecular weight is 308 g/mol. The van der Waals surface area contributed by atoms with E-state index in [-0.39, 0.29) is 10.8 Å². The number of rotatable bonds is 7. The van der Waals surface area contributed by atoms with Crippen LogP contribution >= 0.6 is 11.6 Å². The average Bonchev–Trinajstić information content (AvgIpc) is 2.50. The third kappa shape index (κ3) is 4.45. The van der Waals surface area contributed by atoms with Gasteiger partial charge in [-0.2, -0.15) is 0 Å². The monoisotopic (exact) mass is 307 g/mol. The fourth-order valence-electron chi connectivity index (χ4n) is 2.09. The van der Waals surface area contributed by atoms with Crippen LogP contribution in [0.25, 0.3) is 0 Å². The molecule has 0 aromatic heterocycles. The zero-order valence-corrected chi connectivity index (χ0v) is 12.8. The molecule has 2 aromatic rings. The summed E-state index contributed by atoms with van der Waals surface area (Å²) in [5, 5.41) is 3.37. The van der Waals surface area contributed by atoms with Crippen molar-refractivity contribution in [3.63, 3.8) is 0 Å². The van der Waals surface area contributed by atoms with Crippen LogP contribution in [0.3, 0.4) is 0 Å². The Hall–Kier alpha value is -1.58. The fraction of sp³-hybridized carbons (Fsp3) is 0.294. The lowest BCUT2D eigenvalue weighted by molar-refractivity contribution is 0.289. The van der Waals surface area contributed by atoms with Gasteiger partial charge in [0.1, 0.15) is 6.61 Å². The predicted octanol–water partition coefficient (Wildman–Crippen LogP) is 4.21. The summed E-state index contributed by atoms with van der Waals surface area (Å²) in [6, 6.07) is 12.8. The van der Waals surface area contributed by atoms with Gasteiger partial charge in [-0.25, -0.2) is 4.39 Å². The Balaban J connectivity index is 2.04. The summed E-state index contributed by atoms with van der Waals surface area (Å²) in [6.45, 7) is 4.28. The van der Waals surface area contributed by atoms with Gasteiger partial charge >= 0.3 is 0 Å². The van der Waals surface area contributed by atoms with Crippen molar-refractivity contribution >= 4 is 11.6 Å². The van der Waals surface area contributed by atoms with Crippen LogP contribution < -0.4 is 10.1 Å². The number of halogens is 2. The van der Waals surface area contributed by atoms with E-state index >= 15 is 0 Å². The first kappa shape index (κ1) is 15.8. The molecule has 0 aliphatic carbocycles. The van der Waals surface area contributed by atoms with E-state index in [0.29, 0.717) is 6.61 Å². The standard InChI is InChI=1S/C17H19ClFNO/c1-2-20-11-10-13-6-3-4-7-14(13)12-21-16-9-5-8-15(18)17(16)19/h3-9,20H,2,10-12H2,1H3. The van der Waals surface area contributed by atoms with Crippen molar-refractivity contribution in [3.05, 3.63) is 64.4 Å². The molecule has 0 radical (unpaired) electrons. The third-order valence-electron chi connectivity index (χ3n) is 3.24. The second-order valence-electron chi connectivity index (χ2n) is 4.71. The molecule has 0 aliphatic rings. The molecule has 0 amide bonds. The molecule has 2 rings (SSSR count). The Bertz CT molecular complexity index is 589. The van der Waals surface area contributed by atoms with Crippen LogP contribution in [0.2, 0.25) is 5.02 Å². The zero-order chi connectivity index (χ0) is 15.1. The number of hydrogen-bond donors (Lipinski definition) is 1. The van der Waals surface area contributed by atoms with Crippen molar-refractivity contribution < 1.29 is 9.13 Å². The van der Waals surface area contributed by atoms with E-state index in [2.05, 4.69) is 18.3 Å². The van der Waals surface area contributed by atoms with Gasteiger partial charge in [-0.15, -0.1) is 0 Å². The molecule has 0 aliphatic heterocycles. The maximum absolute atomic E-state index is 13.8. The van der Waals surface area contributed by atoms with E-state index in [9.17, 15) is 4.39 Å². The maximum Gasteiger partial charge on any atom is 0.183 e. The lowest BCUT2D eigenvalue weighted by Gasteiger charge is -2.12. The van der Waals surface area contributed by atoms with Crippen LogP contribution in [0.15, 0.2) is 42.5 Å². The van der Waals surface area contributed by atoms with Gasteiger partial charge in [0.15, 0.2) is 11.6 Å². The number of benzene rings is 2. The van der Waals surface area contributed by atoms with Gasteiger partial charge in [-0.3, -0.25) is 0 Å². The van der Waals surface area contributed by atoms with Crippen LogP contribution in [-0.2, 0) is 13.0 Å². The second kappa shape index (κ2) is 8.01. The molecule has 0 saturated carbocycles. The molecule has 2 aromatic carbocycles. The van der Waals surface area contributed by atoms with Gasteiger partial charge in [-0.05, 0) is 42.8 Å². The molecule has 1 N–H and O–H groups in total. The van der Waals surface area contributed by atoms with Crippen LogP contribution in [0.4, 0.5) is 4.39 Å². The fourth-order valence-corrected chi connectivity index (χ4v) is 2.26. The van der Waals surface area contributed by atoms with Crippen molar-refractivity contribution in [2.45, 2.75) is 20.0 Å². The maximum atomic E-state index is 13.8. The first-order chi connectivity index (χ1) is 10.2. The summed E-state index contributed by atoms with van der Waals surface area (Å²) in [4.78, 5) is 0. The topological polar surface area (TPSA) is 21.3 Å². The Morgan fingerprint density at radius 1 is 1.10 bits per heavy atom. The Kier molecular flexibility index (Phi) is 6.03. The highest BCUT2D eigenvalue weighted by atomic mass is 35.5. The van der Waals surface area contributed by atoms with Crippen LogP contribution in [0.5, 0.6) is 5.75 Å². The largest absolute Gasteiger partial charge is 0.486 e. The number of ether oxygens (including phenoxy) is 1. The van der Waals surface area contributed by atoms with Gasteiger partial charge in [0.2, 0.25) is 0 Å². The lowest BCUT2D eigenvalue weighted by Crippen LogP contribution is -2.17. The zero-order valence-electron chi connectivity index (χ0n) is 12.0. The molecule has 0 saturated heterocycles. The Labute approximate surface area is 129 Å².